The molecule has 0 aromatic heterocycles. The van der Waals surface area contributed by atoms with E-state index in [4.69, 9.17) is 4.74 Å². The molecule has 96 valence electrons. The molecular weight excluding hydrogens is 237 g/mol. The Kier molecular flexibility index (Phi) is 7.63. The van der Waals surface area contributed by atoms with E-state index in [0.717, 1.165) is 5.92 Å². The number of hydrogen-bond donors (Lipinski definition) is 1. The van der Waals surface area contributed by atoms with E-state index >= 15 is 0 Å². The van der Waals surface area contributed by atoms with E-state index in [2.05, 4.69) is 38.0 Å². The van der Waals surface area contributed by atoms with Gasteiger partial charge in [-0.1, -0.05) is 20.8 Å². The summed E-state index contributed by atoms with van der Waals surface area (Å²) in [4.78, 5) is 0. The molecule has 1 rings (SSSR count). The monoisotopic (exact) mass is 257 g/mol. The molecule has 0 aliphatic carbocycles. The molecule has 0 aliphatic rings. The molecule has 0 aliphatic heterocycles. The highest BCUT2D eigenvalue weighted by Crippen LogP contribution is 2.18. The van der Waals surface area contributed by atoms with E-state index in [0.29, 0.717) is 11.3 Å². The zero-order valence-electron chi connectivity index (χ0n) is 11.0. The van der Waals surface area contributed by atoms with Crippen LogP contribution in [0.25, 0.3) is 0 Å². The second-order valence-electron chi connectivity index (χ2n) is 4.27. The molecule has 1 aromatic rings. The van der Waals surface area contributed by atoms with Gasteiger partial charge in [-0.3, -0.25) is 0 Å². The summed E-state index contributed by atoms with van der Waals surface area (Å²) in [5.74, 6) is 0.673. The molecule has 1 aromatic carbocycles. The zero-order valence-corrected chi connectivity index (χ0v) is 11.9. The molecular formula is C13H20FNOS. The molecule has 17 heavy (non-hydrogen) atoms. The van der Waals surface area contributed by atoms with Crippen molar-refractivity contribution in [2.75, 3.05) is 7.11 Å². The van der Waals surface area contributed by atoms with Gasteiger partial charge in [-0.15, -0.1) is 0 Å². The summed E-state index contributed by atoms with van der Waals surface area (Å²) in [6.45, 7) is 8.26. The Morgan fingerprint density at radius 3 is 2.24 bits per heavy atom. The summed E-state index contributed by atoms with van der Waals surface area (Å²) >= 11 is 3.74. The molecule has 0 heterocycles. The van der Waals surface area contributed by atoms with Crippen LogP contribution in [0.15, 0.2) is 22.6 Å². The van der Waals surface area contributed by atoms with Crippen LogP contribution in [0.1, 0.15) is 33.3 Å². The Hall–Kier alpha value is -1.03. The zero-order chi connectivity index (χ0) is 13.4. The first-order valence-corrected chi connectivity index (χ1v) is 5.85. The van der Waals surface area contributed by atoms with Gasteiger partial charge in [-0.05, 0) is 49.4 Å². The van der Waals surface area contributed by atoms with Crippen LogP contribution >= 0.6 is 12.8 Å². The maximum atomic E-state index is 13.1. The van der Waals surface area contributed by atoms with Crippen molar-refractivity contribution >= 4 is 18.5 Å². The van der Waals surface area contributed by atoms with Gasteiger partial charge in [0.1, 0.15) is 0 Å². The molecule has 0 atom stereocenters. The third-order valence-corrected chi connectivity index (χ3v) is 2.02. The summed E-state index contributed by atoms with van der Waals surface area (Å²) in [6, 6.07) is 4.66. The van der Waals surface area contributed by atoms with Crippen molar-refractivity contribution in [2.45, 2.75) is 27.7 Å². The van der Waals surface area contributed by atoms with Crippen molar-refractivity contribution in [3.05, 3.63) is 29.6 Å². The lowest BCUT2D eigenvalue weighted by Gasteiger charge is -2.03. The van der Waals surface area contributed by atoms with Crippen molar-refractivity contribution in [1.82, 2.24) is 0 Å². The number of nitrogens with zero attached hydrogens (tertiary/aromatic N) is 1. The van der Waals surface area contributed by atoms with E-state index in [1.165, 1.54) is 13.2 Å². The topological polar surface area (TPSA) is 21.6 Å². The predicted octanol–water partition coefficient (Wildman–Crippen LogP) is 4.15. The van der Waals surface area contributed by atoms with Gasteiger partial charge in [0.05, 0.1) is 12.8 Å². The number of thiol groups is 1. The Bertz CT molecular complexity index is 375. The summed E-state index contributed by atoms with van der Waals surface area (Å²) in [6.07, 6.45) is 0. The standard InChI is InChI=1S/C9H10FNOS.C4H10/c1-6(11-13)7-3-4-9(12-2)8(10)5-7;1-4(2)3/h3-5,13H,1-2H3;4H,1-3H3/b11-6+;. The van der Waals surface area contributed by atoms with Crippen molar-refractivity contribution < 1.29 is 9.13 Å². The van der Waals surface area contributed by atoms with E-state index in [1.54, 1.807) is 19.1 Å². The smallest absolute Gasteiger partial charge is 0.165 e. The molecule has 0 amide bonds. The highest BCUT2D eigenvalue weighted by Gasteiger charge is 2.04. The second kappa shape index (κ2) is 8.12. The molecule has 0 radical (unpaired) electrons. The average Bonchev–Trinajstić information content (AvgIpc) is 2.27. The van der Waals surface area contributed by atoms with E-state index in [1.807, 2.05) is 0 Å². The minimum absolute atomic E-state index is 0.232. The summed E-state index contributed by atoms with van der Waals surface area (Å²) < 4.78 is 21.6. The Labute approximate surface area is 108 Å². The van der Waals surface area contributed by atoms with E-state index < -0.39 is 5.82 Å². The first-order chi connectivity index (χ1) is 7.92. The maximum absolute atomic E-state index is 13.1. The molecule has 0 bridgehead atoms. The van der Waals surface area contributed by atoms with Crippen molar-refractivity contribution in [3.8, 4) is 5.75 Å². The SMILES string of the molecule is CC(C)C.COc1ccc(/C(C)=N/S)cc1F. The fraction of sp³-hybridized carbons (Fsp3) is 0.462. The third kappa shape index (κ3) is 6.31. The van der Waals surface area contributed by atoms with Gasteiger partial charge in [-0.25, -0.2) is 8.79 Å². The first kappa shape index (κ1) is 16.0. The van der Waals surface area contributed by atoms with Crippen molar-refractivity contribution in [2.24, 2.45) is 10.3 Å². The van der Waals surface area contributed by atoms with Gasteiger partial charge in [0.25, 0.3) is 0 Å². The average molecular weight is 257 g/mol. The van der Waals surface area contributed by atoms with Crippen LogP contribution in [0.3, 0.4) is 0 Å². The molecule has 0 unspecified atom stereocenters. The quantitative estimate of drug-likeness (QED) is 0.624. The molecule has 2 nitrogen and oxygen atoms in total. The maximum Gasteiger partial charge on any atom is 0.165 e. The van der Waals surface area contributed by atoms with Crippen molar-refractivity contribution in [3.63, 3.8) is 0 Å². The molecule has 0 fully saturated rings. The number of methoxy groups -OCH3 is 1. The van der Waals surface area contributed by atoms with Gasteiger partial charge >= 0.3 is 0 Å². The Morgan fingerprint density at radius 1 is 1.35 bits per heavy atom. The molecule has 0 N–H and O–H groups in total. The van der Waals surface area contributed by atoms with Gasteiger partial charge in [-0.2, -0.15) is 0 Å². The number of hydrogen-bond acceptors (Lipinski definition) is 3. The minimum atomic E-state index is -0.392. The van der Waals surface area contributed by atoms with Crippen LogP contribution in [-0.4, -0.2) is 12.8 Å². The second-order valence-corrected chi connectivity index (χ2v) is 4.47. The molecule has 0 saturated heterocycles. The Morgan fingerprint density at radius 2 is 1.88 bits per heavy atom. The summed E-state index contributed by atoms with van der Waals surface area (Å²) in [7, 11) is 1.43. The predicted molar refractivity (Wildman–Crippen MR) is 74.7 cm³/mol. The van der Waals surface area contributed by atoms with Gasteiger partial charge < -0.3 is 4.74 Å². The van der Waals surface area contributed by atoms with Gasteiger partial charge in [0, 0.05) is 0 Å². The lowest BCUT2D eigenvalue weighted by Crippen LogP contribution is -1.95. The number of halogens is 1. The lowest BCUT2D eigenvalue weighted by molar-refractivity contribution is 0.386. The first-order valence-electron chi connectivity index (χ1n) is 5.45. The summed E-state index contributed by atoms with van der Waals surface area (Å²) in [5.41, 5.74) is 1.37. The normalized spacial score (nSPS) is 10.9. The van der Waals surface area contributed by atoms with Crippen LogP contribution in [0.4, 0.5) is 4.39 Å². The van der Waals surface area contributed by atoms with Crippen LogP contribution in [0.2, 0.25) is 0 Å². The van der Waals surface area contributed by atoms with E-state index in [-0.39, 0.29) is 5.75 Å². The minimum Gasteiger partial charge on any atom is -0.494 e. The highest BCUT2D eigenvalue weighted by molar-refractivity contribution is 7.79. The number of benzene rings is 1. The number of rotatable bonds is 2. The fourth-order valence-corrected chi connectivity index (χ4v) is 1.06. The Balaban J connectivity index is 0.000000557. The fourth-order valence-electron chi connectivity index (χ4n) is 0.949. The van der Waals surface area contributed by atoms with Gasteiger partial charge in [0.2, 0.25) is 0 Å². The van der Waals surface area contributed by atoms with Crippen molar-refractivity contribution in [1.29, 1.82) is 0 Å². The molecule has 4 heteroatoms. The van der Waals surface area contributed by atoms with Crippen LogP contribution in [0.5, 0.6) is 5.75 Å². The van der Waals surface area contributed by atoms with Crippen LogP contribution in [0, 0.1) is 11.7 Å². The number of ether oxygens (including phenoxy) is 1. The highest BCUT2D eigenvalue weighted by atomic mass is 32.1. The lowest BCUT2D eigenvalue weighted by atomic mass is 10.1. The van der Waals surface area contributed by atoms with Gasteiger partial charge in [0.15, 0.2) is 11.6 Å². The van der Waals surface area contributed by atoms with E-state index in [9.17, 15) is 4.39 Å². The van der Waals surface area contributed by atoms with Crippen LogP contribution in [-0.2, 0) is 0 Å². The van der Waals surface area contributed by atoms with Crippen LogP contribution < -0.4 is 4.74 Å². The largest absolute Gasteiger partial charge is 0.494 e. The summed E-state index contributed by atoms with van der Waals surface area (Å²) in [5, 5.41) is 0. The molecule has 0 spiro atoms. The third-order valence-electron chi connectivity index (χ3n) is 1.72. The molecule has 0 saturated carbocycles.